The van der Waals surface area contributed by atoms with Crippen LogP contribution in [0.3, 0.4) is 0 Å². The average Bonchev–Trinajstić information content (AvgIpc) is 3.01. The fourth-order valence-corrected chi connectivity index (χ4v) is 4.96. The van der Waals surface area contributed by atoms with Crippen LogP contribution in [0.4, 0.5) is 0 Å². The van der Waals surface area contributed by atoms with E-state index in [1.54, 1.807) is 12.1 Å². The molecule has 0 aliphatic heterocycles. The Morgan fingerprint density at radius 3 is 2.32 bits per heavy atom. The van der Waals surface area contributed by atoms with Crippen molar-refractivity contribution in [1.29, 1.82) is 0 Å². The largest absolute Gasteiger partial charge is 0.300 e. The van der Waals surface area contributed by atoms with Gasteiger partial charge in [-0.05, 0) is 62.8 Å². The average molecular weight is 359 g/mol. The molecule has 0 atom stereocenters. The lowest BCUT2D eigenvalue weighted by atomic mass is 9.88. The first-order chi connectivity index (χ1) is 12.0. The first-order valence-corrected chi connectivity index (χ1v) is 11.3. The molecule has 1 saturated carbocycles. The van der Waals surface area contributed by atoms with Gasteiger partial charge in [-0.15, -0.1) is 0 Å². The fourth-order valence-electron chi connectivity index (χ4n) is 4.33. The van der Waals surface area contributed by atoms with Gasteiger partial charge in [0.05, 0.1) is 10.6 Å². The number of hydrogen-bond acceptors (Lipinski definition) is 3. The van der Waals surface area contributed by atoms with E-state index in [0.29, 0.717) is 10.8 Å². The molecule has 0 amide bonds. The molecule has 4 nitrogen and oxygen atoms in total. The van der Waals surface area contributed by atoms with Gasteiger partial charge in [0.15, 0.2) is 9.84 Å². The molecule has 25 heavy (non-hydrogen) atoms. The Kier molecular flexibility index (Phi) is 4.44. The third kappa shape index (κ3) is 3.26. The summed E-state index contributed by atoms with van der Waals surface area (Å²) in [5, 5.41) is 0. The third-order valence-electron chi connectivity index (χ3n) is 5.65. The zero-order valence-electron chi connectivity index (χ0n) is 14.9. The summed E-state index contributed by atoms with van der Waals surface area (Å²) >= 11 is 0. The van der Waals surface area contributed by atoms with Crippen molar-refractivity contribution in [3.05, 3.63) is 41.5 Å². The number of aromatic nitrogens is 2. The van der Waals surface area contributed by atoms with E-state index < -0.39 is 9.84 Å². The molecule has 2 aliphatic carbocycles. The van der Waals surface area contributed by atoms with Gasteiger partial charge in [-0.1, -0.05) is 19.3 Å². The van der Waals surface area contributed by atoms with Gasteiger partial charge in [0.1, 0.15) is 5.82 Å². The highest BCUT2D eigenvalue weighted by atomic mass is 32.2. The lowest BCUT2D eigenvalue weighted by Crippen LogP contribution is -2.13. The maximum absolute atomic E-state index is 11.8. The van der Waals surface area contributed by atoms with E-state index >= 15 is 0 Å². The van der Waals surface area contributed by atoms with Gasteiger partial charge in [-0.25, -0.2) is 13.4 Å². The zero-order chi connectivity index (χ0) is 17.4. The molecule has 1 fully saturated rings. The highest BCUT2D eigenvalue weighted by Crippen LogP contribution is 2.36. The molecule has 0 spiro atoms. The molecule has 2 aliphatic rings. The number of rotatable bonds is 3. The van der Waals surface area contributed by atoms with Crippen LogP contribution in [0.2, 0.25) is 0 Å². The summed E-state index contributed by atoms with van der Waals surface area (Å²) < 4.78 is 25.9. The van der Waals surface area contributed by atoms with E-state index in [2.05, 4.69) is 4.57 Å². The second kappa shape index (κ2) is 6.60. The van der Waals surface area contributed by atoms with Crippen molar-refractivity contribution in [3.63, 3.8) is 0 Å². The smallest absolute Gasteiger partial charge is 0.175 e. The number of fused-ring (bicyclic) bond motifs is 1. The predicted molar refractivity (Wildman–Crippen MR) is 99.1 cm³/mol. The minimum absolute atomic E-state index is 0.379. The van der Waals surface area contributed by atoms with Crippen LogP contribution in [0.25, 0.3) is 5.69 Å². The van der Waals surface area contributed by atoms with Crippen LogP contribution in [-0.2, 0) is 22.7 Å². The Morgan fingerprint density at radius 1 is 0.960 bits per heavy atom. The predicted octanol–water partition coefficient (Wildman–Crippen LogP) is 4.20. The molecule has 0 unspecified atom stereocenters. The first kappa shape index (κ1) is 16.8. The summed E-state index contributed by atoms with van der Waals surface area (Å²) in [6.07, 6.45) is 12.2. The molecule has 0 N–H and O–H groups in total. The van der Waals surface area contributed by atoms with Crippen LogP contribution in [0.5, 0.6) is 0 Å². The summed E-state index contributed by atoms with van der Waals surface area (Å²) in [7, 11) is -3.16. The van der Waals surface area contributed by atoms with Crippen molar-refractivity contribution in [2.75, 3.05) is 6.26 Å². The van der Waals surface area contributed by atoms with Crippen molar-refractivity contribution in [2.24, 2.45) is 0 Å². The van der Waals surface area contributed by atoms with Gasteiger partial charge in [0.25, 0.3) is 0 Å². The number of hydrogen-bond donors (Lipinski definition) is 0. The second-order valence-corrected chi connectivity index (χ2v) is 9.52. The van der Waals surface area contributed by atoms with E-state index in [-0.39, 0.29) is 0 Å². The Morgan fingerprint density at radius 2 is 1.64 bits per heavy atom. The van der Waals surface area contributed by atoms with Gasteiger partial charge < -0.3 is 4.57 Å². The summed E-state index contributed by atoms with van der Waals surface area (Å²) in [6.45, 7) is 0. The lowest BCUT2D eigenvalue weighted by molar-refractivity contribution is 0.425. The number of benzene rings is 1. The van der Waals surface area contributed by atoms with E-state index in [0.717, 1.165) is 18.5 Å². The van der Waals surface area contributed by atoms with Crippen LogP contribution >= 0.6 is 0 Å². The molecular formula is C20H26N2O2S. The molecule has 1 aromatic carbocycles. The molecule has 0 radical (unpaired) electrons. The maximum atomic E-state index is 11.8. The van der Waals surface area contributed by atoms with E-state index in [1.165, 1.54) is 68.4 Å². The number of nitrogens with zero attached hydrogens (tertiary/aromatic N) is 2. The number of imidazole rings is 1. The molecule has 134 valence electrons. The van der Waals surface area contributed by atoms with Gasteiger partial charge in [-0.3, -0.25) is 0 Å². The summed E-state index contributed by atoms with van der Waals surface area (Å²) in [5.74, 6) is 1.74. The SMILES string of the molecule is CS(=O)(=O)c1ccc(-n2c(C3CCCCC3)nc3c2CCCC3)cc1. The minimum atomic E-state index is -3.16. The zero-order valence-corrected chi connectivity index (χ0v) is 15.7. The minimum Gasteiger partial charge on any atom is -0.300 e. The van der Waals surface area contributed by atoms with Crippen molar-refractivity contribution in [1.82, 2.24) is 9.55 Å². The molecule has 1 aromatic heterocycles. The Hall–Kier alpha value is -1.62. The molecule has 1 heterocycles. The van der Waals surface area contributed by atoms with E-state index in [1.807, 2.05) is 12.1 Å². The highest BCUT2D eigenvalue weighted by molar-refractivity contribution is 7.90. The van der Waals surface area contributed by atoms with E-state index in [4.69, 9.17) is 4.98 Å². The summed E-state index contributed by atoms with van der Waals surface area (Å²) in [5.41, 5.74) is 3.67. The van der Waals surface area contributed by atoms with Crippen molar-refractivity contribution >= 4 is 9.84 Å². The quantitative estimate of drug-likeness (QED) is 0.826. The van der Waals surface area contributed by atoms with Gasteiger partial charge in [0, 0.05) is 23.6 Å². The number of aryl methyl sites for hydroxylation is 1. The van der Waals surface area contributed by atoms with Crippen LogP contribution in [0.15, 0.2) is 29.2 Å². The topological polar surface area (TPSA) is 52.0 Å². The molecular weight excluding hydrogens is 332 g/mol. The van der Waals surface area contributed by atoms with Gasteiger partial charge in [0.2, 0.25) is 0 Å². The molecule has 5 heteroatoms. The standard InChI is InChI=1S/C20H26N2O2S/c1-25(23,24)17-13-11-16(12-14-17)22-19-10-6-5-9-18(19)21-20(22)15-7-3-2-4-8-15/h11-15H,2-10H2,1H3. The van der Waals surface area contributed by atoms with Crippen molar-refractivity contribution < 1.29 is 8.42 Å². The lowest BCUT2D eigenvalue weighted by Gasteiger charge is -2.23. The maximum Gasteiger partial charge on any atom is 0.175 e. The Labute approximate surface area is 150 Å². The highest BCUT2D eigenvalue weighted by Gasteiger charge is 2.27. The normalized spacial score (nSPS) is 18.9. The van der Waals surface area contributed by atoms with Crippen LogP contribution in [0.1, 0.15) is 68.1 Å². The molecule has 2 aromatic rings. The summed E-state index contributed by atoms with van der Waals surface area (Å²) in [4.78, 5) is 5.45. The fraction of sp³-hybridized carbons (Fsp3) is 0.550. The Bertz CT molecular complexity index is 860. The van der Waals surface area contributed by atoms with Crippen LogP contribution in [0, 0.1) is 0 Å². The van der Waals surface area contributed by atoms with Gasteiger partial charge in [-0.2, -0.15) is 0 Å². The third-order valence-corrected chi connectivity index (χ3v) is 6.78. The molecule has 4 rings (SSSR count). The number of sulfone groups is 1. The Balaban J connectivity index is 1.80. The van der Waals surface area contributed by atoms with Crippen LogP contribution in [-0.4, -0.2) is 24.2 Å². The summed E-state index contributed by atoms with van der Waals surface area (Å²) in [6, 6.07) is 7.34. The first-order valence-electron chi connectivity index (χ1n) is 9.45. The second-order valence-electron chi connectivity index (χ2n) is 7.51. The van der Waals surface area contributed by atoms with E-state index in [9.17, 15) is 8.42 Å². The monoisotopic (exact) mass is 358 g/mol. The van der Waals surface area contributed by atoms with Crippen molar-refractivity contribution in [3.8, 4) is 5.69 Å². The van der Waals surface area contributed by atoms with Crippen molar-refractivity contribution in [2.45, 2.75) is 68.6 Å². The molecule has 0 bridgehead atoms. The van der Waals surface area contributed by atoms with Gasteiger partial charge >= 0.3 is 0 Å². The van der Waals surface area contributed by atoms with Crippen LogP contribution < -0.4 is 0 Å². The molecule has 0 saturated heterocycles.